The Kier molecular flexibility index (Phi) is 7.83. The number of aryl methyl sites for hydroxylation is 1. The van der Waals surface area contributed by atoms with Crippen molar-refractivity contribution >= 4 is 17.4 Å². The van der Waals surface area contributed by atoms with Crippen LogP contribution in [0.3, 0.4) is 0 Å². The first-order valence-corrected chi connectivity index (χ1v) is 13.1. The quantitative estimate of drug-likeness (QED) is 0.317. The van der Waals surface area contributed by atoms with Crippen molar-refractivity contribution in [3.63, 3.8) is 0 Å². The molecule has 1 aromatic heterocycles. The van der Waals surface area contributed by atoms with E-state index in [0.717, 1.165) is 24.1 Å². The Bertz CT molecular complexity index is 1390. The van der Waals surface area contributed by atoms with Crippen molar-refractivity contribution in [2.45, 2.75) is 65.0 Å². The second-order valence-electron chi connectivity index (χ2n) is 11.4. The van der Waals surface area contributed by atoms with Gasteiger partial charge in [0.2, 0.25) is 5.88 Å². The number of hydrogen-bond acceptors (Lipinski definition) is 6. The van der Waals surface area contributed by atoms with Crippen LogP contribution in [-0.2, 0) is 0 Å². The first-order chi connectivity index (χ1) is 17.9. The molecule has 1 aliphatic rings. The standard InChI is InChI=1S/C31H34ClN3O3/c1-19-12-22(15-29(34-19)37-6)23-8-7-9-27(24(23)18-33)38-28-11-10-21(14-25(28)32)26(36)13-20-16-30(2,3)35-31(4,5)17-20/h7-12,14-15,20,35H,13,16-17H2,1-6H3. The number of pyridine rings is 1. The first kappa shape index (κ1) is 27.6. The third-order valence-electron chi connectivity index (χ3n) is 6.81. The minimum Gasteiger partial charge on any atom is -0.481 e. The molecule has 0 radical (unpaired) electrons. The van der Waals surface area contributed by atoms with E-state index in [2.05, 4.69) is 44.1 Å². The summed E-state index contributed by atoms with van der Waals surface area (Å²) < 4.78 is 11.4. The van der Waals surface area contributed by atoms with E-state index in [0.29, 0.717) is 51.4 Å². The highest BCUT2D eigenvalue weighted by molar-refractivity contribution is 6.32. The number of ketones is 1. The van der Waals surface area contributed by atoms with E-state index in [1.807, 2.05) is 25.1 Å². The zero-order chi connectivity index (χ0) is 27.7. The van der Waals surface area contributed by atoms with Gasteiger partial charge < -0.3 is 14.8 Å². The van der Waals surface area contributed by atoms with Crippen LogP contribution in [0.5, 0.6) is 17.4 Å². The fourth-order valence-corrected chi connectivity index (χ4v) is 6.02. The summed E-state index contributed by atoms with van der Waals surface area (Å²) in [5, 5.41) is 14.0. The highest BCUT2D eigenvalue weighted by Gasteiger charge is 2.38. The maximum absolute atomic E-state index is 13.2. The van der Waals surface area contributed by atoms with E-state index in [4.69, 9.17) is 21.1 Å². The van der Waals surface area contributed by atoms with Gasteiger partial charge in [0.25, 0.3) is 0 Å². The maximum Gasteiger partial charge on any atom is 0.213 e. The molecule has 1 aliphatic heterocycles. The average molecular weight is 532 g/mol. The summed E-state index contributed by atoms with van der Waals surface area (Å²) in [5.74, 6) is 1.58. The third-order valence-corrected chi connectivity index (χ3v) is 7.11. The van der Waals surface area contributed by atoms with Crippen molar-refractivity contribution in [1.82, 2.24) is 10.3 Å². The van der Waals surface area contributed by atoms with Crippen LogP contribution in [0.4, 0.5) is 0 Å². The number of halogens is 1. The van der Waals surface area contributed by atoms with Crippen molar-refractivity contribution in [2.75, 3.05) is 7.11 Å². The number of nitrogens with zero attached hydrogens (tertiary/aromatic N) is 2. The Labute approximate surface area is 230 Å². The molecule has 7 heteroatoms. The van der Waals surface area contributed by atoms with Gasteiger partial charge in [-0.15, -0.1) is 0 Å². The van der Waals surface area contributed by atoms with Crippen LogP contribution in [0.25, 0.3) is 11.1 Å². The summed E-state index contributed by atoms with van der Waals surface area (Å²) in [4.78, 5) is 17.5. The first-order valence-electron chi connectivity index (χ1n) is 12.8. The molecule has 0 atom stereocenters. The maximum atomic E-state index is 13.2. The lowest BCUT2D eigenvalue weighted by atomic mass is 9.74. The minimum absolute atomic E-state index is 0.0187. The van der Waals surface area contributed by atoms with Gasteiger partial charge >= 0.3 is 0 Å². The number of methoxy groups -OCH3 is 1. The molecule has 6 nitrogen and oxygen atoms in total. The molecule has 38 heavy (non-hydrogen) atoms. The predicted molar refractivity (Wildman–Crippen MR) is 150 cm³/mol. The Balaban J connectivity index is 1.56. The van der Waals surface area contributed by atoms with Gasteiger partial charge in [0.05, 0.1) is 12.1 Å². The van der Waals surface area contributed by atoms with Gasteiger partial charge in [0.15, 0.2) is 5.78 Å². The molecule has 0 bridgehead atoms. The SMILES string of the molecule is COc1cc(-c2cccc(Oc3ccc(C(=O)CC4CC(C)(C)NC(C)(C)C4)cc3Cl)c2C#N)cc(C)n1. The molecule has 2 heterocycles. The van der Waals surface area contributed by atoms with Crippen molar-refractivity contribution in [3.05, 3.63) is 70.4 Å². The molecular formula is C31H34ClN3O3. The van der Waals surface area contributed by atoms with E-state index < -0.39 is 0 Å². The van der Waals surface area contributed by atoms with Gasteiger partial charge in [-0.1, -0.05) is 23.7 Å². The van der Waals surface area contributed by atoms with Crippen LogP contribution >= 0.6 is 11.6 Å². The number of nitriles is 1. The largest absolute Gasteiger partial charge is 0.481 e. The Morgan fingerprint density at radius 3 is 2.45 bits per heavy atom. The minimum atomic E-state index is -0.0187. The monoisotopic (exact) mass is 531 g/mol. The van der Waals surface area contributed by atoms with E-state index in [-0.39, 0.29) is 16.9 Å². The Morgan fingerprint density at radius 2 is 1.82 bits per heavy atom. The van der Waals surface area contributed by atoms with Crippen LogP contribution in [0.1, 0.15) is 68.6 Å². The number of nitrogens with one attached hydrogen (secondary N) is 1. The van der Waals surface area contributed by atoms with Crippen LogP contribution in [0, 0.1) is 24.2 Å². The number of hydrogen-bond donors (Lipinski definition) is 1. The molecule has 1 fully saturated rings. The smallest absolute Gasteiger partial charge is 0.213 e. The molecule has 1 N–H and O–H groups in total. The number of Topliss-reactive ketones (excluding diaryl/α,β-unsaturated/α-hetero) is 1. The number of carbonyl (C=O) groups is 1. The van der Waals surface area contributed by atoms with Gasteiger partial charge in [0.1, 0.15) is 23.1 Å². The van der Waals surface area contributed by atoms with Gasteiger partial charge in [-0.05, 0) is 89.3 Å². The van der Waals surface area contributed by atoms with Crippen molar-refractivity contribution < 1.29 is 14.3 Å². The van der Waals surface area contributed by atoms with E-state index >= 15 is 0 Å². The van der Waals surface area contributed by atoms with E-state index in [1.54, 1.807) is 37.4 Å². The Morgan fingerprint density at radius 1 is 1.11 bits per heavy atom. The summed E-state index contributed by atoms with van der Waals surface area (Å²) >= 11 is 6.57. The molecule has 2 aromatic carbocycles. The molecule has 0 unspecified atom stereocenters. The molecular weight excluding hydrogens is 498 g/mol. The topological polar surface area (TPSA) is 84.2 Å². The Hall–Kier alpha value is -3.40. The lowest BCUT2D eigenvalue weighted by molar-refractivity contribution is 0.0864. The third kappa shape index (κ3) is 6.35. The summed E-state index contributed by atoms with van der Waals surface area (Å²) in [6.07, 6.45) is 2.35. The van der Waals surface area contributed by atoms with Gasteiger partial charge in [-0.3, -0.25) is 4.79 Å². The molecule has 1 saturated heterocycles. The number of carbonyl (C=O) groups excluding carboxylic acids is 1. The van der Waals surface area contributed by atoms with Crippen molar-refractivity contribution in [1.29, 1.82) is 5.26 Å². The number of benzene rings is 2. The highest BCUT2D eigenvalue weighted by atomic mass is 35.5. The number of piperidine rings is 1. The second-order valence-corrected chi connectivity index (χ2v) is 11.8. The number of aromatic nitrogens is 1. The zero-order valence-electron chi connectivity index (χ0n) is 22.8. The molecule has 0 saturated carbocycles. The molecule has 198 valence electrons. The molecule has 0 amide bonds. The van der Waals surface area contributed by atoms with Gasteiger partial charge in [0, 0.05) is 40.4 Å². The predicted octanol–water partition coefficient (Wildman–Crippen LogP) is 7.51. The average Bonchev–Trinajstić information content (AvgIpc) is 2.82. The summed E-state index contributed by atoms with van der Waals surface area (Å²) in [6.45, 7) is 10.6. The second kappa shape index (κ2) is 10.8. The normalized spacial score (nSPS) is 16.5. The van der Waals surface area contributed by atoms with Crippen LogP contribution in [0.15, 0.2) is 48.5 Å². The molecule has 4 rings (SSSR count). The lowest BCUT2D eigenvalue weighted by Crippen LogP contribution is -2.57. The fraction of sp³-hybridized carbons (Fsp3) is 0.387. The number of rotatable bonds is 7. The van der Waals surface area contributed by atoms with Crippen molar-refractivity contribution in [2.24, 2.45) is 5.92 Å². The van der Waals surface area contributed by atoms with Gasteiger partial charge in [-0.2, -0.15) is 5.26 Å². The molecule has 3 aromatic rings. The van der Waals surface area contributed by atoms with Gasteiger partial charge in [-0.25, -0.2) is 4.98 Å². The van der Waals surface area contributed by atoms with E-state index in [9.17, 15) is 10.1 Å². The summed E-state index contributed by atoms with van der Waals surface area (Å²) in [6, 6.07) is 16.4. The fourth-order valence-electron chi connectivity index (χ4n) is 5.80. The van der Waals surface area contributed by atoms with Crippen molar-refractivity contribution in [3.8, 4) is 34.6 Å². The summed E-state index contributed by atoms with van der Waals surface area (Å²) in [5.41, 5.74) is 3.16. The molecule has 0 spiro atoms. The zero-order valence-corrected chi connectivity index (χ0v) is 23.6. The number of ether oxygens (including phenoxy) is 2. The van der Waals surface area contributed by atoms with Crippen LogP contribution < -0.4 is 14.8 Å². The lowest BCUT2D eigenvalue weighted by Gasteiger charge is -2.46. The highest BCUT2D eigenvalue weighted by Crippen LogP contribution is 2.38. The van der Waals surface area contributed by atoms with Crippen LogP contribution in [-0.4, -0.2) is 29.0 Å². The summed E-state index contributed by atoms with van der Waals surface area (Å²) in [7, 11) is 1.56. The van der Waals surface area contributed by atoms with Crippen LogP contribution in [0.2, 0.25) is 5.02 Å². The van der Waals surface area contributed by atoms with E-state index in [1.165, 1.54) is 0 Å². The molecule has 0 aliphatic carbocycles.